The minimum absolute atomic E-state index is 0.100. The number of rotatable bonds is 8. The van der Waals surface area contributed by atoms with Crippen molar-refractivity contribution in [3.63, 3.8) is 0 Å². The van der Waals surface area contributed by atoms with Gasteiger partial charge in [0.1, 0.15) is 6.61 Å². The highest BCUT2D eigenvalue weighted by Crippen LogP contribution is 2.09. The highest BCUT2D eigenvalue weighted by molar-refractivity contribution is 5.97. The third kappa shape index (κ3) is 4.89. The van der Waals surface area contributed by atoms with Gasteiger partial charge in [0.2, 0.25) is 0 Å². The molecule has 18 heavy (non-hydrogen) atoms. The molecule has 100 valence electrons. The van der Waals surface area contributed by atoms with E-state index in [1.165, 1.54) is 6.07 Å². The van der Waals surface area contributed by atoms with E-state index < -0.39 is 11.6 Å². The predicted octanol–water partition coefficient (Wildman–Crippen LogP) is 2.59. The van der Waals surface area contributed by atoms with E-state index in [2.05, 4.69) is 0 Å². The van der Waals surface area contributed by atoms with E-state index in [0.29, 0.717) is 19.8 Å². The smallest absolute Gasteiger partial charge is 0.188 e. The number of ketones is 1. The monoisotopic (exact) mass is 258 g/mol. The lowest BCUT2D eigenvalue weighted by Crippen LogP contribution is -2.13. The van der Waals surface area contributed by atoms with Gasteiger partial charge >= 0.3 is 0 Å². The van der Waals surface area contributed by atoms with Gasteiger partial charge in [-0.25, -0.2) is 8.78 Å². The van der Waals surface area contributed by atoms with Crippen LogP contribution in [-0.4, -0.2) is 32.2 Å². The molecule has 1 aromatic carbocycles. The molecule has 0 fully saturated rings. The molecule has 3 nitrogen and oxygen atoms in total. The number of carbonyl (C=O) groups is 1. The molecule has 5 heteroatoms. The summed E-state index contributed by atoms with van der Waals surface area (Å²) >= 11 is 0. The van der Waals surface area contributed by atoms with Gasteiger partial charge < -0.3 is 9.47 Å². The van der Waals surface area contributed by atoms with E-state index in [1.807, 2.05) is 6.92 Å². The summed E-state index contributed by atoms with van der Waals surface area (Å²) < 4.78 is 35.8. The van der Waals surface area contributed by atoms with Crippen LogP contribution in [0.4, 0.5) is 8.78 Å². The Balaban J connectivity index is 2.30. The summed E-state index contributed by atoms with van der Waals surface area (Å²) in [5.74, 6) is -2.39. The molecule has 0 N–H and O–H groups in total. The lowest BCUT2D eigenvalue weighted by molar-refractivity contribution is 0.0441. The molecule has 0 aromatic heterocycles. The van der Waals surface area contributed by atoms with Crippen LogP contribution in [0.2, 0.25) is 0 Å². The predicted molar refractivity (Wildman–Crippen MR) is 62.6 cm³/mol. The van der Waals surface area contributed by atoms with Crippen molar-refractivity contribution in [1.29, 1.82) is 0 Å². The summed E-state index contributed by atoms with van der Waals surface area (Å²) in [6.45, 7) is 3.20. The van der Waals surface area contributed by atoms with Gasteiger partial charge in [-0.1, -0.05) is 6.92 Å². The number of hydrogen-bond donors (Lipinski definition) is 0. The van der Waals surface area contributed by atoms with Crippen molar-refractivity contribution in [2.75, 3.05) is 26.4 Å². The second kappa shape index (κ2) is 7.89. The lowest BCUT2D eigenvalue weighted by Gasteiger charge is -2.05. The fourth-order valence-electron chi connectivity index (χ4n) is 1.28. The number of halogens is 2. The van der Waals surface area contributed by atoms with Crippen LogP contribution in [0.5, 0.6) is 0 Å². The quantitative estimate of drug-likeness (QED) is 0.531. The summed E-state index contributed by atoms with van der Waals surface area (Å²) in [5, 5.41) is 0. The van der Waals surface area contributed by atoms with Gasteiger partial charge in [0.05, 0.1) is 13.2 Å². The van der Waals surface area contributed by atoms with E-state index in [-0.39, 0.29) is 18.0 Å². The molecule has 0 aliphatic heterocycles. The molecule has 0 spiro atoms. The van der Waals surface area contributed by atoms with E-state index in [4.69, 9.17) is 9.47 Å². The van der Waals surface area contributed by atoms with Crippen molar-refractivity contribution in [3.05, 3.63) is 35.4 Å². The third-order valence-corrected chi connectivity index (χ3v) is 2.20. The van der Waals surface area contributed by atoms with Crippen LogP contribution in [-0.2, 0) is 9.47 Å². The zero-order valence-electron chi connectivity index (χ0n) is 10.2. The average molecular weight is 258 g/mol. The van der Waals surface area contributed by atoms with Crippen molar-refractivity contribution >= 4 is 5.78 Å². The molecule has 0 amide bonds. The van der Waals surface area contributed by atoms with Crippen molar-refractivity contribution in [3.8, 4) is 0 Å². The standard InChI is InChI=1S/C13H16F2O3/c1-2-5-17-6-7-18-9-13(16)10-3-4-11(14)12(15)8-10/h3-4,8H,2,5-7,9H2,1H3. The molecule has 0 heterocycles. The topological polar surface area (TPSA) is 35.5 Å². The minimum Gasteiger partial charge on any atom is -0.379 e. The molecule has 0 saturated carbocycles. The first kappa shape index (κ1) is 14.7. The van der Waals surface area contributed by atoms with Gasteiger partial charge in [0.15, 0.2) is 17.4 Å². The third-order valence-electron chi connectivity index (χ3n) is 2.20. The van der Waals surface area contributed by atoms with Crippen molar-refractivity contribution < 1.29 is 23.0 Å². The van der Waals surface area contributed by atoms with Gasteiger partial charge in [0, 0.05) is 12.2 Å². The number of carbonyl (C=O) groups excluding carboxylic acids is 1. The second-order valence-corrected chi connectivity index (χ2v) is 3.72. The van der Waals surface area contributed by atoms with Crippen LogP contribution in [0.25, 0.3) is 0 Å². The Kier molecular flexibility index (Phi) is 6.46. The van der Waals surface area contributed by atoms with E-state index >= 15 is 0 Å². The van der Waals surface area contributed by atoms with Crippen LogP contribution < -0.4 is 0 Å². The van der Waals surface area contributed by atoms with Gasteiger partial charge in [-0.3, -0.25) is 4.79 Å². The summed E-state index contributed by atoms with van der Waals surface area (Å²) in [4.78, 5) is 11.5. The van der Waals surface area contributed by atoms with Gasteiger partial charge in [-0.2, -0.15) is 0 Å². The minimum atomic E-state index is -1.04. The van der Waals surface area contributed by atoms with E-state index in [0.717, 1.165) is 18.6 Å². The molecule has 1 aromatic rings. The Morgan fingerprint density at radius 2 is 1.83 bits per heavy atom. The average Bonchev–Trinajstić information content (AvgIpc) is 2.36. The van der Waals surface area contributed by atoms with Crippen LogP contribution in [0.3, 0.4) is 0 Å². The summed E-state index contributed by atoms with van der Waals surface area (Å²) in [7, 11) is 0. The fraction of sp³-hybridized carbons (Fsp3) is 0.462. The number of ether oxygens (including phenoxy) is 2. The van der Waals surface area contributed by atoms with Gasteiger partial charge in [-0.15, -0.1) is 0 Å². The molecule has 1 rings (SSSR count). The normalized spacial score (nSPS) is 10.6. The van der Waals surface area contributed by atoms with E-state index in [1.54, 1.807) is 0 Å². The maximum atomic E-state index is 12.9. The Bertz CT molecular complexity index is 394. The molecular formula is C13H16F2O3. The molecule has 0 bridgehead atoms. The molecule has 0 unspecified atom stereocenters. The molecule has 0 aliphatic rings. The van der Waals surface area contributed by atoms with Crippen LogP contribution in [0.15, 0.2) is 18.2 Å². The van der Waals surface area contributed by atoms with Gasteiger partial charge in [-0.05, 0) is 24.6 Å². The van der Waals surface area contributed by atoms with Gasteiger partial charge in [0.25, 0.3) is 0 Å². The first-order valence-corrected chi connectivity index (χ1v) is 5.79. The Morgan fingerprint density at radius 1 is 1.11 bits per heavy atom. The summed E-state index contributed by atoms with van der Waals surface area (Å²) in [6, 6.07) is 3.03. The Morgan fingerprint density at radius 3 is 2.50 bits per heavy atom. The van der Waals surface area contributed by atoms with Crippen molar-refractivity contribution in [1.82, 2.24) is 0 Å². The number of benzene rings is 1. The zero-order chi connectivity index (χ0) is 13.4. The second-order valence-electron chi connectivity index (χ2n) is 3.72. The molecule has 0 radical (unpaired) electrons. The summed E-state index contributed by atoms with van der Waals surface area (Å²) in [6.07, 6.45) is 0.924. The maximum Gasteiger partial charge on any atom is 0.188 e. The highest BCUT2D eigenvalue weighted by atomic mass is 19.2. The highest BCUT2D eigenvalue weighted by Gasteiger charge is 2.09. The zero-order valence-corrected chi connectivity index (χ0v) is 10.2. The molecular weight excluding hydrogens is 242 g/mol. The molecule has 0 saturated heterocycles. The first-order chi connectivity index (χ1) is 8.65. The first-order valence-electron chi connectivity index (χ1n) is 5.79. The largest absolute Gasteiger partial charge is 0.379 e. The SMILES string of the molecule is CCCOCCOCC(=O)c1ccc(F)c(F)c1. The van der Waals surface area contributed by atoms with Crippen LogP contribution in [0, 0.1) is 11.6 Å². The van der Waals surface area contributed by atoms with Crippen LogP contribution in [0.1, 0.15) is 23.7 Å². The summed E-state index contributed by atoms with van der Waals surface area (Å²) in [5.41, 5.74) is 0.100. The van der Waals surface area contributed by atoms with E-state index in [9.17, 15) is 13.6 Å². The number of hydrogen-bond acceptors (Lipinski definition) is 3. The fourth-order valence-corrected chi connectivity index (χ4v) is 1.28. The Hall–Kier alpha value is -1.33. The Labute approximate surface area is 105 Å². The number of Topliss-reactive ketones (excluding diaryl/α,β-unsaturated/α-hetero) is 1. The lowest BCUT2D eigenvalue weighted by atomic mass is 10.1. The van der Waals surface area contributed by atoms with Crippen molar-refractivity contribution in [2.24, 2.45) is 0 Å². The van der Waals surface area contributed by atoms with Crippen LogP contribution >= 0.6 is 0 Å². The molecule has 0 aliphatic carbocycles. The molecule has 0 atom stereocenters. The maximum absolute atomic E-state index is 12.9. The van der Waals surface area contributed by atoms with Crippen molar-refractivity contribution in [2.45, 2.75) is 13.3 Å².